The molecule has 4 nitrogen and oxygen atoms in total. The van der Waals surface area contributed by atoms with Crippen LogP contribution in [0.5, 0.6) is 5.75 Å². The third kappa shape index (κ3) is 4.43. The topological polar surface area (TPSA) is 50.4 Å². The Hall–Kier alpha value is -1.24. The second-order valence-corrected chi connectivity index (χ2v) is 6.54. The lowest BCUT2D eigenvalue weighted by Crippen LogP contribution is -2.34. The maximum absolute atomic E-state index is 12.4. The number of hydrogen-bond donors (Lipinski definition) is 2. The van der Waals surface area contributed by atoms with Crippen molar-refractivity contribution in [1.82, 2.24) is 5.32 Å². The van der Waals surface area contributed by atoms with E-state index in [1.165, 1.54) is 19.2 Å². The van der Waals surface area contributed by atoms with E-state index in [9.17, 15) is 4.79 Å². The summed E-state index contributed by atoms with van der Waals surface area (Å²) in [6, 6.07) is 7.84. The summed E-state index contributed by atoms with van der Waals surface area (Å²) in [5.41, 5.74) is 0.577. The molecule has 0 aromatic heterocycles. The Bertz CT molecular complexity index is 814. The first kappa shape index (κ1) is 19.1. The molecule has 0 saturated heterocycles. The standard InChI is InChI=1S/C15H10Cl4N2O2S/c1-23-13-9(18)4-3-8(17)12(13)14(22)21-15(24)20-11-5-2-7(16)6-10(11)19/h2-6H,1H3,(H2,20,21,22,24). The summed E-state index contributed by atoms with van der Waals surface area (Å²) < 4.78 is 5.13. The molecule has 0 radical (unpaired) electrons. The van der Waals surface area contributed by atoms with Gasteiger partial charge in [-0.2, -0.15) is 0 Å². The molecule has 9 heteroatoms. The van der Waals surface area contributed by atoms with Crippen LogP contribution in [0.2, 0.25) is 20.1 Å². The number of halogens is 4. The molecular formula is C15H10Cl4N2O2S. The third-order valence-electron chi connectivity index (χ3n) is 2.90. The zero-order valence-electron chi connectivity index (χ0n) is 12.1. The Morgan fingerprint density at radius 3 is 2.33 bits per heavy atom. The van der Waals surface area contributed by atoms with Gasteiger partial charge in [0.15, 0.2) is 10.9 Å². The summed E-state index contributed by atoms with van der Waals surface area (Å²) >= 11 is 29.0. The van der Waals surface area contributed by atoms with E-state index < -0.39 is 5.91 Å². The van der Waals surface area contributed by atoms with Crippen LogP contribution < -0.4 is 15.4 Å². The van der Waals surface area contributed by atoms with E-state index in [0.29, 0.717) is 15.7 Å². The van der Waals surface area contributed by atoms with E-state index in [2.05, 4.69) is 10.6 Å². The number of hydrogen-bond acceptors (Lipinski definition) is 3. The predicted octanol–water partition coefficient (Wildman–Crippen LogP) is 5.44. The van der Waals surface area contributed by atoms with Crippen molar-refractivity contribution in [3.05, 3.63) is 56.0 Å². The number of methoxy groups -OCH3 is 1. The second-order valence-electron chi connectivity index (χ2n) is 4.47. The summed E-state index contributed by atoms with van der Waals surface area (Å²) in [5, 5.41) is 6.61. The van der Waals surface area contributed by atoms with Gasteiger partial charge in [0.1, 0.15) is 5.56 Å². The van der Waals surface area contributed by atoms with Crippen LogP contribution in [0.4, 0.5) is 5.69 Å². The minimum atomic E-state index is -0.568. The summed E-state index contributed by atoms with van der Waals surface area (Å²) in [6.45, 7) is 0. The van der Waals surface area contributed by atoms with E-state index in [1.54, 1.807) is 18.2 Å². The van der Waals surface area contributed by atoms with Gasteiger partial charge >= 0.3 is 0 Å². The predicted molar refractivity (Wildman–Crippen MR) is 103 cm³/mol. The van der Waals surface area contributed by atoms with Gasteiger partial charge < -0.3 is 10.1 Å². The number of carbonyl (C=O) groups is 1. The first-order valence-corrected chi connectivity index (χ1v) is 8.35. The number of rotatable bonds is 3. The Balaban J connectivity index is 2.18. The van der Waals surface area contributed by atoms with Gasteiger partial charge in [-0.05, 0) is 42.5 Å². The van der Waals surface area contributed by atoms with Gasteiger partial charge in [0.05, 0.1) is 27.9 Å². The number of thiocarbonyl (C=S) groups is 1. The largest absolute Gasteiger partial charge is 0.494 e. The quantitative estimate of drug-likeness (QED) is 0.645. The van der Waals surface area contributed by atoms with Gasteiger partial charge in [-0.3, -0.25) is 10.1 Å². The molecule has 0 aliphatic rings. The number of amides is 1. The third-order valence-corrected chi connectivity index (χ3v) is 4.26. The highest BCUT2D eigenvalue weighted by molar-refractivity contribution is 7.80. The number of benzene rings is 2. The van der Waals surface area contributed by atoms with Gasteiger partial charge in [0, 0.05) is 5.02 Å². The number of anilines is 1. The molecule has 24 heavy (non-hydrogen) atoms. The molecule has 0 atom stereocenters. The SMILES string of the molecule is COc1c(Cl)ccc(Cl)c1C(=O)NC(=S)Nc1ccc(Cl)cc1Cl. The van der Waals surface area contributed by atoms with Crippen molar-refractivity contribution in [3.8, 4) is 5.75 Å². The van der Waals surface area contributed by atoms with Crippen LogP contribution in [0, 0.1) is 0 Å². The van der Waals surface area contributed by atoms with E-state index in [-0.39, 0.29) is 26.5 Å². The highest BCUT2D eigenvalue weighted by Crippen LogP contribution is 2.33. The first-order chi connectivity index (χ1) is 11.3. The molecule has 0 bridgehead atoms. The Morgan fingerprint density at radius 2 is 1.71 bits per heavy atom. The van der Waals surface area contributed by atoms with E-state index >= 15 is 0 Å². The molecule has 1 amide bonds. The van der Waals surface area contributed by atoms with Gasteiger partial charge in [0.25, 0.3) is 5.91 Å². The molecule has 0 fully saturated rings. The van der Waals surface area contributed by atoms with Crippen LogP contribution in [0.1, 0.15) is 10.4 Å². The van der Waals surface area contributed by atoms with Crippen molar-refractivity contribution in [2.75, 3.05) is 12.4 Å². The van der Waals surface area contributed by atoms with Crippen molar-refractivity contribution >= 4 is 75.3 Å². The van der Waals surface area contributed by atoms with Gasteiger partial charge in [0.2, 0.25) is 0 Å². The van der Waals surface area contributed by atoms with Crippen molar-refractivity contribution in [1.29, 1.82) is 0 Å². The highest BCUT2D eigenvalue weighted by atomic mass is 35.5. The number of carbonyl (C=O) groups excluding carboxylic acids is 1. The van der Waals surface area contributed by atoms with Gasteiger partial charge in [-0.15, -0.1) is 0 Å². The van der Waals surface area contributed by atoms with Crippen molar-refractivity contribution in [2.45, 2.75) is 0 Å². The molecule has 0 unspecified atom stereocenters. The molecule has 0 aliphatic heterocycles. The first-order valence-electron chi connectivity index (χ1n) is 6.43. The summed E-state index contributed by atoms with van der Waals surface area (Å²) in [6.07, 6.45) is 0. The summed E-state index contributed by atoms with van der Waals surface area (Å²) in [5.74, 6) is -0.407. The lowest BCUT2D eigenvalue weighted by molar-refractivity contribution is 0.0975. The van der Waals surface area contributed by atoms with Crippen LogP contribution in [0.25, 0.3) is 0 Å². The zero-order chi connectivity index (χ0) is 17.9. The molecule has 2 rings (SSSR count). The maximum Gasteiger partial charge on any atom is 0.262 e. The molecule has 0 spiro atoms. The molecule has 0 saturated carbocycles. The average molecular weight is 424 g/mol. The fourth-order valence-electron chi connectivity index (χ4n) is 1.85. The molecular weight excluding hydrogens is 414 g/mol. The maximum atomic E-state index is 12.4. The zero-order valence-corrected chi connectivity index (χ0v) is 16.0. The van der Waals surface area contributed by atoms with Gasteiger partial charge in [-0.25, -0.2) is 0 Å². The smallest absolute Gasteiger partial charge is 0.262 e. The van der Waals surface area contributed by atoms with Crippen LogP contribution >= 0.6 is 58.6 Å². The van der Waals surface area contributed by atoms with Crippen LogP contribution in [0.3, 0.4) is 0 Å². The molecule has 0 heterocycles. The minimum Gasteiger partial charge on any atom is -0.494 e. The van der Waals surface area contributed by atoms with Crippen molar-refractivity contribution in [3.63, 3.8) is 0 Å². The van der Waals surface area contributed by atoms with E-state index in [4.69, 9.17) is 63.4 Å². The lowest BCUT2D eigenvalue weighted by Gasteiger charge is -2.14. The number of nitrogens with one attached hydrogen (secondary N) is 2. The second kappa shape index (κ2) is 8.23. The van der Waals surface area contributed by atoms with E-state index in [1.807, 2.05) is 0 Å². The Kier molecular flexibility index (Phi) is 6.54. The van der Waals surface area contributed by atoms with Crippen LogP contribution in [-0.4, -0.2) is 18.1 Å². The molecule has 2 aromatic rings. The Labute approximate surface area is 164 Å². The van der Waals surface area contributed by atoms with E-state index in [0.717, 1.165) is 0 Å². The van der Waals surface area contributed by atoms with Gasteiger partial charge in [-0.1, -0.05) is 46.4 Å². The molecule has 126 valence electrons. The normalized spacial score (nSPS) is 10.2. The fraction of sp³-hybridized carbons (Fsp3) is 0.0667. The fourth-order valence-corrected chi connectivity index (χ4v) is 2.98. The highest BCUT2D eigenvalue weighted by Gasteiger charge is 2.20. The molecule has 2 N–H and O–H groups in total. The minimum absolute atomic E-state index is 0.0299. The lowest BCUT2D eigenvalue weighted by atomic mass is 10.2. The average Bonchev–Trinajstić information content (AvgIpc) is 2.51. The van der Waals surface area contributed by atoms with Crippen molar-refractivity contribution < 1.29 is 9.53 Å². The van der Waals surface area contributed by atoms with Crippen LogP contribution in [-0.2, 0) is 0 Å². The molecule has 0 aliphatic carbocycles. The summed E-state index contributed by atoms with van der Waals surface area (Å²) in [7, 11) is 1.39. The van der Waals surface area contributed by atoms with Crippen molar-refractivity contribution in [2.24, 2.45) is 0 Å². The summed E-state index contributed by atoms with van der Waals surface area (Å²) in [4.78, 5) is 12.4. The monoisotopic (exact) mass is 422 g/mol. The molecule has 2 aromatic carbocycles. The number of ether oxygens (including phenoxy) is 1. The Morgan fingerprint density at radius 1 is 1.04 bits per heavy atom. The van der Waals surface area contributed by atoms with Crippen LogP contribution in [0.15, 0.2) is 30.3 Å².